The second-order valence-corrected chi connectivity index (χ2v) is 6.10. The highest BCUT2D eigenvalue weighted by Crippen LogP contribution is 2.27. The molecule has 0 aromatic heterocycles. The average molecular weight is 261 g/mol. The molecule has 2 heteroatoms. The highest BCUT2D eigenvalue weighted by atomic mass is 16.3. The summed E-state index contributed by atoms with van der Waals surface area (Å²) in [7, 11) is 0. The SMILES string of the molecule is Cc1ccccc1[C@@H](C)NCC1(O)CCCCCC1. The summed E-state index contributed by atoms with van der Waals surface area (Å²) in [5, 5.41) is 14.2. The minimum atomic E-state index is -0.493. The van der Waals surface area contributed by atoms with E-state index in [1.165, 1.54) is 24.0 Å². The maximum atomic E-state index is 10.7. The third kappa shape index (κ3) is 4.05. The standard InChI is InChI=1S/C17H27NO/c1-14-9-5-6-10-16(14)15(2)18-13-17(19)11-7-3-4-8-12-17/h5-6,9-10,15,18-19H,3-4,7-8,11-13H2,1-2H3/t15-/m1/s1. The normalized spacial score (nSPS) is 20.8. The zero-order chi connectivity index (χ0) is 13.7. The predicted octanol–water partition coefficient (Wildman–Crippen LogP) is 3.73. The molecule has 19 heavy (non-hydrogen) atoms. The Morgan fingerprint density at radius 3 is 2.42 bits per heavy atom. The summed E-state index contributed by atoms with van der Waals surface area (Å²) in [6.07, 6.45) is 6.76. The van der Waals surface area contributed by atoms with E-state index in [-0.39, 0.29) is 0 Å². The van der Waals surface area contributed by atoms with Crippen molar-refractivity contribution < 1.29 is 5.11 Å². The lowest BCUT2D eigenvalue weighted by molar-refractivity contribution is 0.0231. The maximum absolute atomic E-state index is 10.7. The molecule has 1 aliphatic carbocycles. The summed E-state index contributed by atoms with van der Waals surface area (Å²) in [6, 6.07) is 8.77. The summed E-state index contributed by atoms with van der Waals surface area (Å²) in [4.78, 5) is 0. The van der Waals surface area contributed by atoms with Crippen molar-refractivity contribution in [3.63, 3.8) is 0 Å². The molecule has 1 atom stereocenters. The van der Waals surface area contributed by atoms with Crippen molar-refractivity contribution in [1.82, 2.24) is 5.32 Å². The largest absolute Gasteiger partial charge is 0.389 e. The van der Waals surface area contributed by atoms with Gasteiger partial charge in [0.15, 0.2) is 0 Å². The van der Waals surface area contributed by atoms with Gasteiger partial charge in [0.05, 0.1) is 5.60 Å². The van der Waals surface area contributed by atoms with Crippen LogP contribution in [-0.4, -0.2) is 17.3 Å². The highest BCUT2D eigenvalue weighted by molar-refractivity contribution is 5.28. The highest BCUT2D eigenvalue weighted by Gasteiger charge is 2.28. The van der Waals surface area contributed by atoms with E-state index >= 15 is 0 Å². The topological polar surface area (TPSA) is 32.3 Å². The molecular weight excluding hydrogens is 234 g/mol. The third-order valence-corrected chi connectivity index (χ3v) is 4.43. The lowest BCUT2D eigenvalue weighted by atomic mass is 9.93. The van der Waals surface area contributed by atoms with E-state index in [1.807, 2.05) is 0 Å². The molecule has 1 aliphatic rings. The lowest BCUT2D eigenvalue weighted by Crippen LogP contribution is -2.41. The van der Waals surface area contributed by atoms with Crippen LogP contribution in [0.25, 0.3) is 0 Å². The first-order valence-corrected chi connectivity index (χ1v) is 7.62. The van der Waals surface area contributed by atoms with E-state index in [0.717, 1.165) is 25.7 Å². The first-order chi connectivity index (χ1) is 9.11. The van der Waals surface area contributed by atoms with E-state index in [1.54, 1.807) is 0 Å². The molecule has 1 aromatic carbocycles. The Balaban J connectivity index is 1.92. The number of hydrogen-bond acceptors (Lipinski definition) is 2. The minimum absolute atomic E-state index is 0.300. The van der Waals surface area contributed by atoms with Crippen LogP contribution < -0.4 is 5.32 Å². The van der Waals surface area contributed by atoms with Gasteiger partial charge in [0, 0.05) is 12.6 Å². The zero-order valence-corrected chi connectivity index (χ0v) is 12.3. The smallest absolute Gasteiger partial charge is 0.0771 e. The molecule has 1 saturated carbocycles. The van der Waals surface area contributed by atoms with Crippen molar-refractivity contribution in [2.24, 2.45) is 0 Å². The second kappa shape index (κ2) is 6.53. The third-order valence-electron chi connectivity index (χ3n) is 4.43. The average Bonchev–Trinajstić information content (AvgIpc) is 2.62. The van der Waals surface area contributed by atoms with Gasteiger partial charge in [0.2, 0.25) is 0 Å². The van der Waals surface area contributed by atoms with Crippen LogP contribution in [0.2, 0.25) is 0 Å². The molecule has 1 aromatic rings. The molecule has 0 saturated heterocycles. The molecule has 0 amide bonds. The Hall–Kier alpha value is -0.860. The van der Waals surface area contributed by atoms with Crippen molar-refractivity contribution in [2.75, 3.05) is 6.54 Å². The quantitative estimate of drug-likeness (QED) is 0.809. The van der Waals surface area contributed by atoms with Crippen molar-refractivity contribution in [3.8, 4) is 0 Å². The lowest BCUT2D eigenvalue weighted by Gasteiger charge is -2.29. The van der Waals surface area contributed by atoms with Gasteiger partial charge in [-0.25, -0.2) is 0 Å². The van der Waals surface area contributed by atoms with E-state index < -0.39 is 5.60 Å². The second-order valence-electron chi connectivity index (χ2n) is 6.10. The number of aliphatic hydroxyl groups is 1. The first-order valence-electron chi connectivity index (χ1n) is 7.62. The molecule has 0 heterocycles. The van der Waals surface area contributed by atoms with Gasteiger partial charge in [0.1, 0.15) is 0 Å². The molecule has 0 radical (unpaired) electrons. The van der Waals surface area contributed by atoms with Crippen LogP contribution in [0.5, 0.6) is 0 Å². The summed E-state index contributed by atoms with van der Waals surface area (Å²) in [5.74, 6) is 0. The number of rotatable bonds is 4. The number of benzene rings is 1. The van der Waals surface area contributed by atoms with Gasteiger partial charge >= 0.3 is 0 Å². The van der Waals surface area contributed by atoms with E-state index in [2.05, 4.69) is 43.4 Å². The zero-order valence-electron chi connectivity index (χ0n) is 12.3. The summed E-state index contributed by atoms with van der Waals surface area (Å²) in [6.45, 7) is 5.04. The molecular formula is C17H27NO. The molecule has 106 valence electrons. The molecule has 2 rings (SSSR count). The first kappa shape index (κ1) is 14.5. The van der Waals surface area contributed by atoms with Crippen molar-refractivity contribution in [2.45, 2.75) is 64.0 Å². The van der Waals surface area contributed by atoms with Crippen molar-refractivity contribution >= 4 is 0 Å². The molecule has 0 aliphatic heterocycles. The Morgan fingerprint density at radius 2 is 1.79 bits per heavy atom. The number of aryl methyl sites for hydroxylation is 1. The number of hydrogen-bond donors (Lipinski definition) is 2. The van der Waals surface area contributed by atoms with Gasteiger partial charge in [-0.15, -0.1) is 0 Å². The molecule has 2 N–H and O–H groups in total. The van der Waals surface area contributed by atoms with Gasteiger partial charge in [-0.3, -0.25) is 0 Å². The summed E-state index contributed by atoms with van der Waals surface area (Å²) >= 11 is 0. The fraction of sp³-hybridized carbons (Fsp3) is 0.647. The van der Waals surface area contributed by atoms with Crippen LogP contribution in [0, 0.1) is 6.92 Å². The number of nitrogens with one attached hydrogen (secondary N) is 1. The Bertz CT molecular complexity index is 394. The van der Waals surface area contributed by atoms with E-state index in [0.29, 0.717) is 12.6 Å². The predicted molar refractivity (Wildman–Crippen MR) is 80.2 cm³/mol. The van der Waals surface area contributed by atoms with Crippen LogP contribution in [0.15, 0.2) is 24.3 Å². The molecule has 0 spiro atoms. The maximum Gasteiger partial charge on any atom is 0.0771 e. The van der Waals surface area contributed by atoms with Crippen LogP contribution in [0.4, 0.5) is 0 Å². The minimum Gasteiger partial charge on any atom is -0.389 e. The van der Waals surface area contributed by atoms with Crippen molar-refractivity contribution in [1.29, 1.82) is 0 Å². The fourth-order valence-corrected chi connectivity index (χ4v) is 3.09. The molecule has 0 bridgehead atoms. The summed E-state index contributed by atoms with van der Waals surface area (Å²) in [5.41, 5.74) is 2.16. The van der Waals surface area contributed by atoms with Gasteiger partial charge in [-0.1, -0.05) is 49.9 Å². The Labute approximate surface area is 117 Å². The van der Waals surface area contributed by atoms with E-state index in [4.69, 9.17) is 0 Å². The van der Waals surface area contributed by atoms with Crippen LogP contribution in [0.3, 0.4) is 0 Å². The fourth-order valence-electron chi connectivity index (χ4n) is 3.09. The van der Waals surface area contributed by atoms with Crippen LogP contribution >= 0.6 is 0 Å². The van der Waals surface area contributed by atoms with Gasteiger partial charge in [0.25, 0.3) is 0 Å². The van der Waals surface area contributed by atoms with E-state index in [9.17, 15) is 5.11 Å². The van der Waals surface area contributed by atoms with Crippen LogP contribution in [-0.2, 0) is 0 Å². The molecule has 2 nitrogen and oxygen atoms in total. The van der Waals surface area contributed by atoms with Crippen molar-refractivity contribution in [3.05, 3.63) is 35.4 Å². The van der Waals surface area contributed by atoms with Gasteiger partial charge < -0.3 is 10.4 Å². The van der Waals surface area contributed by atoms with Gasteiger partial charge in [-0.2, -0.15) is 0 Å². The monoisotopic (exact) mass is 261 g/mol. The Morgan fingerprint density at radius 1 is 1.16 bits per heavy atom. The molecule has 0 unspecified atom stereocenters. The Kier molecular flexibility index (Phi) is 5.00. The van der Waals surface area contributed by atoms with Gasteiger partial charge in [-0.05, 0) is 37.8 Å². The summed E-state index contributed by atoms with van der Waals surface area (Å²) < 4.78 is 0. The molecule has 1 fully saturated rings. The van der Waals surface area contributed by atoms with Crippen LogP contribution in [0.1, 0.15) is 62.6 Å².